The number of fused-ring (bicyclic) bond motifs is 1. The van der Waals surface area contributed by atoms with Crippen LogP contribution in [0, 0.1) is 0 Å². The van der Waals surface area contributed by atoms with Crippen molar-refractivity contribution in [2.75, 3.05) is 43.5 Å². The molecule has 1 N–H and O–H groups in total. The molecular weight excluding hydrogens is 517 g/mol. The maximum atomic E-state index is 13.3. The van der Waals surface area contributed by atoms with Crippen molar-refractivity contribution in [2.24, 2.45) is 0 Å². The van der Waals surface area contributed by atoms with Crippen LogP contribution >= 0.6 is 0 Å². The van der Waals surface area contributed by atoms with Crippen LogP contribution in [0.2, 0.25) is 0 Å². The number of alkyl halides is 3. The molecule has 0 spiro atoms. The van der Waals surface area contributed by atoms with Gasteiger partial charge in [-0.3, -0.25) is 4.98 Å². The Kier molecular flexibility index (Phi) is 6.89. The second kappa shape index (κ2) is 10.1. The average molecular weight is 543 g/mol. The Balaban J connectivity index is 1.28. The molecule has 0 atom stereocenters. The highest BCUT2D eigenvalue weighted by atomic mass is 32.2. The Labute approximate surface area is 218 Å². The van der Waals surface area contributed by atoms with Crippen molar-refractivity contribution < 1.29 is 26.3 Å². The number of hydrogen-bond donors (Lipinski definition) is 1. The summed E-state index contributed by atoms with van der Waals surface area (Å²) in [6, 6.07) is 19.0. The number of ether oxygens (including phenoxy) is 1. The summed E-state index contributed by atoms with van der Waals surface area (Å²) in [6.45, 7) is 1.80. The highest BCUT2D eigenvalue weighted by molar-refractivity contribution is 7.89. The van der Waals surface area contributed by atoms with Gasteiger partial charge in [0.2, 0.25) is 10.0 Å². The molecule has 1 aliphatic rings. The van der Waals surface area contributed by atoms with Crippen LogP contribution in [0.25, 0.3) is 10.9 Å². The van der Waals surface area contributed by atoms with Crippen molar-refractivity contribution in [3.63, 3.8) is 0 Å². The van der Waals surface area contributed by atoms with E-state index in [1.54, 1.807) is 25.3 Å². The summed E-state index contributed by atoms with van der Waals surface area (Å²) in [6.07, 6.45) is -3.03. The molecule has 0 radical (unpaired) electrons. The largest absolute Gasteiger partial charge is 0.497 e. The molecule has 1 aromatic heterocycles. The molecule has 2 heterocycles. The maximum Gasteiger partial charge on any atom is 0.416 e. The van der Waals surface area contributed by atoms with E-state index < -0.39 is 21.8 Å². The summed E-state index contributed by atoms with van der Waals surface area (Å²) in [5.41, 5.74) is 1.58. The summed E-state index contributed by atoms with van der Waals surface area (Å²) >= 11 is 0. The number of anilines is 3. The normalized spacial score (nSPS) is 15.0. The van der Waals surface area contributed by atoms with E-state index in [9.17, 15) is 21.6 Å². The molecule has 0 saturated carbocycles. The minimum Gasteiger partial charge on any atom is -0.497 e. The lowest BCUT2D eigenvalue weighted by Gasteiger charge is -2.35. The van der Waals surface area contributed by atoms with Gasteiger partial charge in [0.1, 0.15) is 5.75 Å². The van der Waals surface area contributed by atoms with E-state index in [0.29, 0.717) is 42.9 Å². The van der Waals surface area contributed by atoms with Crippen molar-refractivity contribution >= 4 is 38.0 Å². The second-order valence-corrected chi connectivity index (χ2v) is 10.8. The molecule has 198 valence electrons. The number of aromatic nitrogens is 1. The van der Waals surface area contributed by atoms with E-state index in [1.165, 1.54) is 28.7 Å². The zero-order chi connectivity index (χ0) is 26.9. The summed E-state index contributed by atoms with van der Waals surface area (Å²) in [4.78, 5) is 6.35. The number of halogens is 3. The van der Waals surface area contributed by atoms with Gasteiger partial charge in [-0.25, -0.2) is 8.42 Å². The number of methoxy groups -OCH3 is 1. The quantitative estimate of drug-likeness (QED) is 0.346. The van der Waals surface area contributed by atoms with Crippen LogP contribution in [0.3, 0.4) is 0 Å². The number of piperazine rings is 1. The molecule has 1 saturated heterocycles. The van der Waals surface area contributed by atoms with Crippen molar-refractivity contribution in [1.82, 2.24) is 9.29 Å². The van der Waals surface area contributed by atoms with Gasteiger partial charge in [0.15, 0.2) is 0 Å². The summed E-state index contributed by atoms with van der Waals surface area (Å²) in [7, 11) is -2.08. The van der Waals surface area contributed by atoms with E-state index in [0.717, 1.165) is 23.6 Å². The lowest BCUT2D eigenvalue weighted by molar-refractivity contribution is -0.137. The molecule has 0 unspecified atom stereocenters. The number of pyridine rings is 1. The molecule has 3 aromatic carbocycles. The summed E-state index contributed by atoms with van der Waals surface area (Å²) in [5.74, 6) is 0.747. The van der Waals surface area contributed by atoms with Gasteiger partial charge in [0, 0.05) is 60.9 Å². The monoisotopic (exact) mass is 542 g/mol. The zero-order valence-electron chi connectivity index (χ0n) is 20.4. The molecule has 11 heteroatoms. The Bertz CT molecular complexity index is 1550. The van der Waals surface area contributed by atoms with Crippen LogP contribution in [0.1, 0.15) is 5.56 Å². The van der Waals surface area contributed by atoms with Crippen LogP contribution in [-0.4, -0.2) is 51.0 Å². The van der Waals surface area contributed by atoms with Crippen molar-refractivity contribution in [1.29, 1.82) is 0 Å². The van der Waals surface area contributed by atoms with Gasteiger partial charge in [-0.2, -0.15) is 17.5 Å². The van der Waals surface area contributed by atoms with Gasteiger partial charge in [-0.1, -0.05) is 12.1 Å². The number of rotatable bonds is 6. The van der Waals surface area contributed by atoms with Gasteiger partial charge in [0.25, 0.3) is 0 Å². The molecule has 0 bridgehead atoms. The minimum absolute atomic E-state index is 0.173. The third kappa shape index (κ3) is 5.25. The molecule has 1 fully saturated rings. The van der Waals surface area contributed by atoms with Gasteiger partial charge in [0.05, 0.1) is 23.1 Å². The van der Waals surface area contributed by atoms with Crippen molar-refractivity contribution in [2.45, 2.75) is 11.1 Å². The fraction of sp³-hybridized carbons (Fsp3) is 0.222. The fourth-order valence-corrected chi connectivity index (χ4v) is 5.86. The van der Waals surface area contributed by atoms with Crippen LogP contribution in [-0.2, 0) is 16.2 Å². The van der Waals surface area contributed by atoms with Gasteiger partial charge in [-0.05, 0) is 54.6 Å². The number of nitrogens with one attached hydrogen (secondary N) is 1. The van der Waals surface area contributed by atoms with Crippen LogP contribution in [0.15, 0.2) is 83.9 Å². The average Bonchev–Trinajstić information content (AvgIpc) is 2.93. The molecule has 38 heavy (non-hydrogen) atoms. The number of hydrogen-bond acceptors (Lipinski definition) is 6. The Morgan fingerprint density at radius 1 is 0.921 bits per heavy atom. The van der Waals surface area contributed by atoms with Gasteiger partial charge < -0.3 is 15.0 Å². The van der Waals surface area contributed by atoms with Crippen LogP contribution in [0.5, 0.6) is 5.75 Å². The maximum absolute atomic E-state index is 13.3. The smallest absolute Gasteiger partial charge is 0.416 e. The topological polar surface area (TPSA) is 74.8 Å². The van der Waals surface area contributed by atoms with E-state index >= 15 is 0 Å². The van der Waals surface area contributed by atoms with Gasteiger partial charge >= 0.3 is 6.18 Å². The fourth-order valence-electron chi connectivity index (χ4n) is 4.44. The lowest BCUT2D eigenvalue weighted by Crippen LogP contribution is -2.48. The number of benzene rings is 3. The summed E-state index contributed by atoms with van der Waals surface area (Å²) < 4.78 is 72.4. The number of sulfonamides is 1. The standard InChI is InChI=1S/C27H25F3N4O3S/c1-37-22-4-2-3-21(18-22)33-13-15-34(16-14-33)38(35,36)23-8-6-20(7-9-23)32-25-11-12-31-26-17-19(27(28,29)30)5-10-24(25)26/h2-12,17-18H,13-16H2,1H3,(H,31,32). The first kappa shape index (κ1) is 25.8. The van der Waals surface area contributed by atoms with E-state index in [1.807, 2.05) is 24.3 Å². The highest BCUT2D eigenvalue weighted by Gasteiger charge is 2.31. The van der Waals surface area contributed by atoms with Gasteiger partial charge in [-0.15, -0.1) is 0 Å². The van der Waals surface area contributed by atoms with E-state index in [-0.39, 0.29) is 10.4 Å². The third-order valence-corrected chi connectivity index (χ3v) is 8.41. The molecule has 1 aliphatic heterocycles. The molecular formula is C27H25F3N4O3S. The molecule has 4 aromatic rings. The highest BCUT2D eigenvalue weighted by Crippen LogP contribution is 2.33. The second-order valence-electron chi connectivity index (χ2n) is 8.83. The van der Waals surface area contributed by atoms with E-state index in [2.05, 4.69) is 15.2 Å². The predicted octanol–water partition coefficient (Wildman–Crippen LogP) is 5.52. The summed E-state index contributed by atoms with van der Waals surface area (Å²) in [5, 5.41) is 3.67. The van der Waals surface area contributed by atoms with Crippen LogP contribution < -0.4 is 15.0 Å². The molecule has 7 nitrogen and oxygen atoms in total. The Morgan fingerprint density at radius 3 is 2.34 bits per heavy atom. The lowest BCUT2D eigenvalue weighted by atomic mass is 10.1. The molecule has 0 amide bonds. The van der Waals surface area contributed by atoms with Crippen molar-refractivity contribution in [3.8, 4) is 5.75 Å². The Morgan fingerprint density at radius 2 is 1.66 bits per heavy atom. The number of nitrogens with zero attached hydrogens (tertiary/aromatic N) is 3. The SMILES string of the molecule is COc1cccc(N2CCN(S(=O)(=O)c3ccc(Nc4ccnc5cc(C(F)(F)F)ccc45)cc3)CC2)c1. The third-order valence-electron chi connectivity index (χ3n) is 6.50. The minimum atomic E-state index is -4.46. The van der Waals surface area contributed by atoms with Crippen LogP contribution in [0.4, 0.5) is 30.2 Å². The Hall–Kier alpha value is -3.83. The predicted molar refractivity (Wildman–Crippen MR) is 140 cm³/mol. The first-order valence-electron chi connectivity index (χ1n) is 11.9. The molecule has 0 aliphatic carbocycles. The zero-order valence-corrected chi connectivity index (χ0v) is 21.3. The first-order chi connectivity index (χ1) is 18.1. The first-order valence-corrected chi connectivity index (χ1v) is 13.3. The van der Waals surface area contributed by atoms with E-state index in [4.69, 9.17) is 4.74 Å². The molecule has 5 rings (SSSR count). The van der Waals surface area contributed by atoms with Crippen molar-refractivity contribution in [3.05, 3.63) is 84.6 Å².